The molecule has 0 spiro atoms. The van der Waals surface area contributed by atoms with Gasteiger partial charge < -0.3 is 5.32 Å². The van der Waals surface area contributed by atoms with Crippen molar-refractivity contribution in [2.24, 2.45) is 0 Å². The van der Waals surface area contributed by atoms with Gasteiger partial charge >= 0.3 is 0 Å². The maximum atomic E-state index is 12.1. The highest BCUT2D eigenvalue weighted by Crippen LogP contribution is 2.25. The number of carbonyl (C=O) groups is 1. The van der Waals surface area contributed by atoms with Gasteiger partial charge in [0.05, 0.1) is 0 Å². The van der Waals surface area contributed by atoms with Crippen LogP contribution in [0.3, 0.4) is 0 Å². The minimum Gasteiger partial charge on any atom is -0.350 e. The number of hydrogen-bond donors (Lipinski definition) is 1. The average molecular weight is 349 g/mol. The lowest BCUT2D eigenvalue weighted by Crippen LogP contribution is -2.25. The maximum absolute atomic E-state index is 12.1. The Morgan fingerprint density at radius 2 is 2.00 bits per heavy atom. The van der Waals surface area contributed by atoms with Crippen molar-refractivity contribution in [3.05, 3.63) is 62.8 Å². The van der Waals surface area contributed by atoms with Crippen LogP contribution in [0.25, 0.3) is 10.6 Å². The number of halogens is 1. The van der Waals surface area contributed by atoms with Crippen molar-refractivity contribution in [2.75, 3.05) is 6.54 Å². The molecule has 0 aliphatic carbocycles. The van der Waals surface area contributed by atoms with Crippen LogP contribution in [-0.4, -0.2) is 17.4 Å². The number of thiophene rings is 1. The van der Waals surface area contributed by atoms with Gasteiger partial charge in [-0.15, -0.1) is 11.3 Å². The molecule has 0 unspecified atom stereocenters. The van der Waals surface area contributed by atoms with E-state index >= 15 is 0 Å². The first-order valence-electron chi connectivity index (χ1n) is 6.73. The first-order chi connectivity index (χ1) is 10.7. The van der Waals surface area contributed by atoms with Crippen LogP contribution in [0, 0.1) is 0 Å². The molecular weight excluding hydrogens is 336 g/mol. The lowest BCUT2D eigenvalue weighted by atomic mass is 10.1. The fourth-order valence-corrected chi connectivity index (χ4v) is 3.60. The van der Waals surface area contributed by atoms with Crippen LogP contribution in [0.1, 0.15) is 16.1 Å². The molecule has 3 rings (SSSR count). The summed E-state index contributed by atoms with van der Waals surface area (Å²) in [6.45, 7) is 0.575. The molecule has 0 atom stereocenters. The molecule has 1 N–H and O–H groups in total. The summed E-state index contributed by atoms with van der Waals surface area (Å²) < 4.78 is 0. The van der Waals surface area contributed by atoms with Gasteiger partial charge in [0.2, 0.25) is 0 Å². The van der Waals surface area contributed by atoms with Crippen molar-refractivity contribution in [1.29, 1.82) is 0 Å². The predicted octanol–water partition coefficient (Wildman–Crippen LogP) is 4.50. The molecule has 0 saturated carbocycles. The van der Waals surface area contributed by atoms with Crippen LogP contribution in [-0.2, 0) is 6.42 Å². The van der Waals surface area contributed by atoms with E-state index < -0.39 is 0 Å². The monoisotopic (exact) mass is 348 g/mol. The third-order valence-corrected chi connectivity index (χ3v) is 4.94. The minimum absolute atomic E-state index is 0.133. The maximum Gasteiger partial charge on any atom is 0.270 e. The van der Waals surface area contributed by atoms with E-state index in [2.05, 4.69) is 10.3 Å². The second-order valence-electron chi connectivity index (χ2n) is 4.68. The third kappa shape index (κ3) is 3.74. The largest absolute Gasteiger partial charge is 0.350 e. The number of aromatic nitrogens is 1. The van der Waals surface area contributed by atoms with Crippen molar-refractivity contribution in [3.8, 4) is 10.6 Å². The second-order valence-corrected chi connectivity index (χ2v) is 6.76. The molecule has 0 aliphatic heterocycles. The van der Waals surface area contributed by atoms with E-state index in [9.17, 15) is 4.79 Å². The average Bonchev–Trinajstić information content (AvgIpc) is 3.20. The van der Waals surface area contributed by atoms with Crippen LogP contribution >= 0.6 is 34.3 Å². The second kappa shape index (κ2) is 7.05. The predicted molar refractivity (Wildman–Crippen MR) is 92.9 cm³/mol. The molecule has 3 nitrogen and oxygen atoms in total. The Morgan fingerprint density at radius 3 is 2.73 bits per heavy atom. The molecule has 0 radical (unpaired) electrons. The topological polar surface area (TPSA) is 42.0 Å². The van der Waals surface area contributed by atoms with Crippen LogP contribution in [0.2, 0.25) is 5.02 Å². The quantitative estimate of drug-likeness (QED) is 0.737. The molecule has 1 amide bonds. The summed E-state index contributed by atoms with van der Waals surface area (Å²) in [6.07, 6.45) is 0.768. The fraction of sp³-hybridized carbons (Fsp3) is 0.125. The Morgan fingerprint density at radius 1 is 1.18 bits per heavy atom. The zero-order valence-electron chi connectivity index (χ0n) is 11.6. The van der Waals surface area contributed by atoms with E-state index in [0.717, 1.165) is 27.6 Å². The van der Waals surface area contributed by atoms with E-state index in [4.69, 9.17) is 11.6 Å². The number of nitrogens with zero attached hydrogens (tertiary/aromatic N) is 1. The molecule has 112 valence electrons. The molecule has 0 saturated heterocycles. The highest BCUT2D eigenvalue weighted by Gasteiger charge is 2.11. The van der Waals surface area contributed by atoms with Gasteiger partial charge in [-0.1, -0.05) is 23.7 Å². The first-order valence-corrected chi connectivity index (χ1v) is 8.93. The number of nitrogens with one attached hydrogen (secondary N) is 1. The van der Waals surface area contributed by atoms with Crippen molar-refractivity contribution < 1.29 is 4.79 Å². The van der Waals surface area contributed by atoms with Gasteiger partial charge in [0.15, 0.2) is 0 Å². The molecule has 1 aromatic carbocycles. The van der Waals surface area contributed by atoms with Gasteiger partial charge in [0, 0.05) is 27.9 Å². The summed E-state index contributed by atoms with van der Waals surface area (Å²) in [5.74, 6) is -0.133. The molecule has 0 fully saturated rings. The van der Waals surface area contributed by atoms with E-state index in [1.807, 2.05) is 41.1 Å². The highest BCUT2D eigenvalue weighted by molar-refractivity contribution is 7.14. The third-order valence-electron chi connectivity index (χ3n) is 3.12. The zero-order valence-corrected chi connectivity index (χ0v) is 14.0. The lowest BCUT2D eigenvalue weighted by molar-refractivity contribution is 0.0950. The zero-order chi connectivity index (χ0) is 15.4. The van der Waals surface area contributed by atoms with E-state index in [-0.39, 0.29) is 5.91 Å². The van der Waals surface area contributed by atoms with Crippen LogP contribution in [0.15, 0.2) is 46.5 Å². The summed E-state index contributed by atoms with van der Waals surface area (Å²) in [4.78, 5) is 16.5. The Labute approximate surface area is 141 Å². The van der Waals surface area contributed by atoms with Gasteiger partial charge in [0.1, 0.15) is 10.7 Å². The summed E-state index contributed by atoms with van der Waals surface area (Å²) in [5, 5.41) is 10.3. The normalized spacial score (nSPS) is 10.6. The lowest BCUT2D eigenvalue weighted by Gasteiger charge is -2.03. The van der Waals surface area contributed by atoms with Crippen molar-refractivity contribution in [1.82, 2.24) is 10.3 Å². The van der Waals surface area contributed by atoms with Crippen molar-refractivity contribution in [2.45, 2.75) is 6.42 Å². The van der Waals surface area contributed by atoms with Gasteiger partial charge in [-0.3, -0.25) is 4.79 Å². The highest BCUT2D eigenvalue weighted by atomic mass is 35.5. The van der Waals surface area contributed by atoms with Crippen LogP contribution in [0.5, 0.6) is 0 Å². The molecule has 22 heavy (non-hydrogen) atoms. The molecule has 0 aliphatic rings. The Hall–Kier alpha value is -1.69. The standard InChI is InChI=1S/C16H13ClN2OS2/c17-13-3-1-11(2-4-13)5-7-18-15(20)14-10-22-16(19-14)12-6-8-21-9-12/h1-4,6,8-10H,5,7H2,(H,18,20). The summed E-state index contributed by atoms with van der Waals surface area (Å²) in [6, 6.07) is 9.64. The van der Waals surface area contributed by atoms with Crippen molar-refractivity contribution >= 4 is 40.2 Å². The Kier molecular flexibility index (Phi) is 4.87. The van der Waals surface area contributed by atoms with Gasteiger partial charge in [-0.2, -0.15) is 11.3 Å². The van der Waals surface area contributed by atoms with E-state index in [1.165, 1.54) is 11.3 Å². The number of thiazole rings is 1. The molecule has 2 aromatic heterocycles. The van der Waals surface area contributed by atoms with Crippen molar-refractivity contribution in [3.63, 3.8) is 0 Å². The van der Waals surface area contributed by atoms with Gasteiger partial charge in [-0.05, 0) is 35.6 Å². The Balaban J connectivity index is 1.55. The van der Waals surface area contributed by atoms with E-state index in [0.29, 0.717) is 12.2 Å². The molecule has 3 aromatic rings. The number of hydrogen-bond acceptors (Lipinski definition) is 4. The molecule has 0 bridgehead atoms. The molecular formula is C16H13ClN2OS2. The smallest absolute Gasteiger partial charge is 0.270 e. The summed E-state index contributed by atoms with van der Waals surface area (Å²) in [5.41, 5.74) is 2.68. The SMILES string of the molecule is O=C(NCCc1ccc(Cl)cc1)c1csc(-c2ccsc2)n1. The Bertz CT molecular complexity index is 751. The minimum atomic E-state index is -0.133. The van der Waals surface area contributed by atoms with Crippen LogP contribution in [0.4, 0.5) is 0 Å². The number of benzene rings is 1. The number of carbonyl (C=O) groups excluding carboxylic acids is 1. The molecule has 6 heteroatoms. The van der Waals surface area contributed by atoms with Gasteiger partial charge in [0.25, 0.3) is 5.91 Å². The molecule has 2 heterocycles. The summed E-state index contributed by atoms with van der Waals surface area (Å²) >= 11 is 8.95. The van der Waals surface area contributed by atoms with E-state index in [1.54, 1.807) is 16.7 Å². The number of rotatable bonds is 5. The first kappa shape index (κ1) is 15.2. The van der Waals surface area contributed by atoms with Gasteiger partial charge in [-0.25, -0.2) is 4.98 Å². The fourth-order valence-electron chi connectivity index (χ4n) is 1.96. The summed E-state index contributed by atoms with van der Waals surface area (Å²) in [7, 11) is 0. The number of amides is 1. The van der Waals surface area contributed by atoms with Crippen LogP contribution < -0.4 is 5.32 Å².